The number of hydrogen-bond acceptors (Lipinski definition) is 5. The van der Waals surface area contributed by atoms with Gasteiger partial charge in [-0.1, -0.05) is 25.5 Å². The van der Waals surface area contributed by atoms with Crippen LogP contribution in [-0.2, 0) is 25.5 Å². The second kappa shape index (κ2) is 8.31. The SMILES string of the molecule is CCCC(C)(Oc1ccc(CCCOS(C)(=O)=O)cc1)C(=O)O. The standard InChI is InChI=1S/C16H24O6S/c1-4-11-16(2,15(17)18)22-14-9-7-13(8-10-14)6-5-12-21-23(3,19)20/h7-10H,4-6,11-12H2,1-3H3,(H,17,18). The highest BCUT2D eigenvalue weighted by Crippen LogP contribution is 2.23. The van der Waals surface area contributed by atoms with E-state index >= 15 is 0 Å². The van der Waals surface area contributed by atoms with Crippen molar-refractivity contribution in [2.45, 2.75) is 45.1 Å². The number of rotatable bonds is 10. The van der Waals surface area contributed by atoms with Gasteiger partial charge in [0.15, 0.2) is 0 Å². The van der Waals surface area contributed by atoms with Gasteiger partial charge >= 0.3 is 5.97 Å². The lowest BCUT2D eigenvalue weighted by molar-refractivity contribution is -0.154. The molecule has 1 aromatic carbocycles. The summed E-state index contributed by atoms with van der Waals surface area (Å²) in [5.74, 6) is -0.485. The van der Waals surface area contributed by atoms with Gasteiger partial charge < -0.3 is 9.84 Å². The predicted octanol–water partition coefficient (Wildman–Crippen LogP) is 2.62. The van der Waals surface area contributed by atoms with E-state index < -0.39 is 21.7 Å². The van der Waals surface area contributed by atoms with Crippen LogP contribution in [0.25, 0.3) is 0 Å². The van der Waals surface area contributed by atoms with E-state index in [1.165, 1.54) is 0 Å². The van der Waals surface area contributed by atoms with E-state index in [2.05, 4.69) is 4.18 Å². The Balaban J connectivity index is 2.57. The number of ether oxygens (including phenoxy) is 1. The van der Waals surface area contributed by atoms with Gasteiger partial charge in [0.25, 0.3) is 10.1 Å². The largest absolute Gasteiger partial charge is 0.478 e. The molecule has 1 aromatic rings. The molecule has 1 N–H and O–H groups in total. The number of benzene rings is 1. The summed E-state index contributed by atoms with van der Waals surface area (Å²) >= 11 is 0. The summed E-state index contributed by atoms with van der Waals surface area (Å²) in [6.45, 7) is 3.62. The predicted molar refractivity (Wildman–Crippen MR) is 87.1 cm³/mol. The molecule has 6 nitrogen and oxygen atoms in total. The molecule has 0 bridgehead atoms. The number of carboxylic acid groups (broad SMARTS) is 1. The molecule has 0 radical (unpaired) electrons. The Hall–Kier alpha value is -1.60. The highest BCUT2D eigenvalue weighted by Gasteiger charge is 2.34. The van der Waals surface area contributed by atoms with Gasteiger partial charge in [-0.15, -0.1) is 0 Å². The van der Waals surface area contributed by atoms with Crippen molar-refractivity contribution < 1.29 is 27.2 Å². The minimum atomic E-state index is -3.39. The van der Waals surface area contributed by atoms with Crippen LogP contribution in [0.1, 0.15) is 38.7 Å². The van der Waals surface area contributed by atoms with E-state index in [1.54, 1.807) is 19.1 Å². The molecule has 0 aliphatic rings. The highest BCUT2D eigenvalue weighted by atomic mass is 32.2. The molecule has 0 aromatic heterocycles. The molecular weight excluding hydrogens is 320 g/mol. The highest BCUT2D eigenvalue weighted by molar-refractivity contribution is 7.85. The summed E-state index contributed by atoms with van der Waals surface area (Å²) in [6, 6.07) is 7.13. The Bertz CT molecular complexity index is 608. The molecule has 0 fully saturated rings. The Labute approximate surface area is 137 Å². The van der Waals surface area contributed by atoms with E-state index in [0.717, 1.165) is 11.8 Å². The summed E-state index contributed by atoms with van der Waals surface area (Å²) in [6.07, 6.45) is 3.40. The normalized spacial score (nSPS) is 14.2. The molecule has 0 saturated carbocycles. The van der Waals surface area contributed by atoms with Crippen molar-refractivity contribution in [2.75, 3.05) is 12.9 Å². The zero-order chi connectivity index (χ0) is 17.5. The first-order valence-electron chi connectivity index (χ1n) is 7.52. The number of carbonyl (C=O) groups is 1. The molecule has 7 heteroatoms. The number of aryl methyl sites for hydroxylation is 1. The van der Waals surface area contributed by atoms with E-state index in [9.17, 15) is 18.3 Å². The minimum absolute atomic E-state index is 0.144. The molecular formula is C16H24O6S. The molecule has 130 valence electrons. The lowest BCUT2D eigenvalue weighted by Crippen LogP contribution is -2.41. The molecule has 0 saturated heterocycles. The number of hydrogen-bond donors (Lipinski definition) is 1. The second-order valence-electron chi connectivity index (χ2n) is 5.66. The van der Waals surface area contributed by atoms with Gasteiger partial charge in [0.2, 0.25) is 5.60 Å². The third-order valence-corrected chi connectivity index (χ3v) is 3.95. The molecule has 1 unspecified atom stereocenters. The van der Waals surface area contributed by atoms with Crippen molar-refractivity contribution in [1.29, 1.82) is 0 Å². The number of aliphatic carboxylic acids is 1. The molecule has 1 atom stereocenters. The Morgan fingerprint density at radius 3 is 2.35 bits per heavy atom. The third-order valence-electron chi connectivity index (χ3n) is 3.35. The van der Waals surface area contributed by atoms with Crippen LogP contribution >= 0.6 is 0 Å². The van der Waals surface area contributed by atoms with Gasteiger partial charge in [-0.3, -0.25) is 4.18 Å². The van der Waals surface area contributed by atoms with Crippen LogP contribution in [0.2, 0.25) is 0 Å². The number of carboxylic acids is 1. The fourth-order valence-electron chi connectivity index (χ4n) is 2.15. The van der Waals surface area contributed by atoms with Crippen LogP contribution in [-0.4, -0.2) is 38.0 Å². The first-order valence-corrected chi connectivity index (χ1v) is 9.33. The first kappa shape index (κ1) is 19.4. The Morgan fingerprint density at radius 2 is 1.87 bits per heavy atom. The summed E-state index contributed by atoms with van der Waals surface area (Å²) in [5.41, 5.74) is -0.235. The van der Waals surface area contributed by atoms with Crippen molar-refractivity contribution in [3.63, 3.8) is 0 Å². The minimum Gasteiger partial charge on any atom is -0.478 e. The van der Waals surface area contributed by atoms with E-state index in [-0.39, 0.29) is 6.61 Å². The van der Waals surface area contributed by atoms with Gasteiger partial charge in [0, 0.05) is 0 Å². The van der Waals surface area contributed by atoms with Gasteiger partial charge in [-0.2, -0.15) is 8.42 Å². The molecule has 0 amide bonds. The fourth-order valence-corrected chi connectivity index (χ4v) is 2.57. The average Bonchev–Trinajstić information content (AvgIpc) is 2.44. The van der Waals surface area contributed by atoms with Crippen molar-refractivity contribution >= 4 is 16.1 Å². The van der Waals surface area contributed by atoms with Crippen LogP contribution in [0.3, 0.4) is 0 Å². The van der Waals surface area contributed by atoms with Crippen LogP contribution < -0.4 is 4.74 Å². The first-order chi connectivity index (χ1) is 10.7. The Kier molecular flexibility index (Phi) is 7.02. The van der Waals surface area contributed by atoms with Crippen LogP contribution in [0.5, 0.6) is 5.75 Å². The van der Waals surface area contributed by atoms with Gasteiger partial charge in [-0.25, -0.2) is 4.79 Å². The molecule has 0 aliphatic carbocycles. The van der Waals surface area contributed by atoms with Gasteiger partial charge in [-0.05, 0) is 43.9 Å². The lowest BCUT2D eigenvalue weighted by atomic mass is 10.0. The van der Waals surface area contributed by atoms with Crippen molar-refractivity contribution in [2.24, 2.45) is 0 Å². The monoisotopic (exact) mass is 344 g/mol. The summed E-state index contributed by atoms with van der Waals surface area (Å²) < 4.78 is 32.0. The maximum absolute atomic E-state index is 11.3. The molecule has 0 aliphatic heterocycles. The maximum Gasteiger partial charge on any atom is 0.347 e. The summed E-state index contributed by atoms with van der Waals surface area (Å²) in [5, 5.41) is 9.30. The van der Waals surface area contributed by atoms with Gasteiger partial charge in [0.1, 0.15) is 5.75 Å². The fraction of sp³-hybridized carbons (Fsp3) is 0.562. The van der Waals surface area contributed by atoms with Crippen molar-refractivity contribution in [3.05, 3.63) is 29.8 Å². The second-order valence-corrected chi connectivity index (χ2v) is 7.31. The topological polar surface area (TPSA) is 89.9 Å². The zero-order valence-corrected chi connectivity index (χ0v) is 14.6. The van der Waals surface area contributed by atoms with E-state index in [0.29, 0.717) is 31.4 Å². The maximum atomic E-state index is 11.3. The van der Waals surface area contributed by atoms with Crippen LogP contribution in [0.15, 0.2) is 24.3 Å². The summed E-state index contributed by atoms with van der Waals surface area (Å²) in [7, 11) is -3.39. The Morgan fingerprint density at radius 1 is 1.26 bits per heavy atom. The molecule has 0 heterocycles. The zero-order valence-electron chi connectivity index (χ0n) is 13.7. The van der Waals surface area contributed by atoms with E-state index in [4.69, 9.17) is 4.74 Å². The molecule has 1 rings (SSSR count). The summed E-state index contributed by atoms with van der Waals surface area (Å²) in [4.78, 5) is 11.3. The van der Waals surface area contributed by atoms with Crippen LogP contribution in [0.4, 0.5) is 0 Å². The molecule has 23 heavy (non-hydrogen) atoms. The third kappa shape index (κ3) is 7.00. The quantitative estimate of drug-likeness (QED) is 0.518. The average molecular weight is 344 g/mol. The lowest BCUT2D eigenvalue weighted by Gasteiger charge is -2.26. The smallest absolute Gasteiger partial charge is 0.347 e. The van der Waals surface area contributed by atoms with Crippen molar-refractivity contribution in [3.8, 4) is 5.75 Å². The molecule has 0 spiro atoms. The van der Waals surface area contributed by atoms with Gasteiger partial charge in [0.05, 0.1) is 12.9 Å². The van der Waals surface area contributed by atoms with Crippen LogP contribution in [0, 0.1) is 0 Å². The van der Waals surface area contributed by atoms with E-state index in [1.807, 2.05) is 19.1 Å². The van der Waals surface area contributed by atoms with Crippen molar-refractivity contribution in [1.82, 2.24) is 0 Å².